The molecule has 1 atom stereocenters. The molecule has 2 aromatic heterocycles. The smallest absolute Gasteiger partial charge is 0.169 e. The van der Waals surface area contributed by atoms with Gasteiger partial charge in [0.1, 0.15) is 5.76 Å². The summed E-state index contributed by atoms with van der Waals surface area (Å²) in [5.74, 6) is 0.371. The van der Waals surface area contributed by atoms with Gasteiger partial charge < -0.3 is 9.73 Å². The number of benzene rings is 1. The van der Waals surface area contributed by atoms with Crippen LogP contribution in [0.1, 0.15) is 30.7 Å². The third-order valence-electron chi connectivity index (χ3n) is 3.42. The van der Waals surface area contributed by atoms with Crippen molar-refractivity contribution in [3.05, 3.63) is 65.9 Å². The molecule has 0 aliphatic carbocycles. The second kappa shape index (κ2) is 6.06. The number of fused-ring (bicyclic) bond motifs is 1. The zero-order valence-corrected chi connectivity index (χ0v) is 11.8. The Morgan fingerprint density at radius 1 is 1.29 bits per heavy atom. The van der Waals surface area contributed by atoms with Crippen molar-refractivity contribution in [2.45, 2.75) is 19.4 Å². The summed E-state index contributed by atoms with van der Waals surface area (Å²) in [7, 11) is 0. The lowest BCUT2D eigenvalue weighted by Gasteiger charge is -2.16. The first-order chi connectivity index (χ1) is 10.3. The van der Waals surface area contributed by atoms with Crippen molar-refractivity contribution in [3.63, 3.8) is 0 Å². The van der Waals surface area contributed by atoms with E-state index in [9.17, 15) is 4.39 Å². The highest BCUT2D eigenvalue weighted by atomic mass is 19.1. The fraction of sp³-hybridized carbons (Fsp3) is 0.235. The van der Waals surface area contributed by atoms with Crippen LogP contribution in [-0.4, -0.2) is 11.5 Å². The molecule has 3 aromatic rings. The fourth-order valence-corrected chi connectivity index (χ4v) is 2.41. The molecule has 0 bridgehead atoms. The molecule has 0 amide bonds. The number of halogens is 1. The summed E-state index contributed by atoms with van der Waals surface area (Å²) in [6, 6.07) is 10.6. The molecule has 0 aliphatic rings. The van der Waals surface area contributed by atoms with Crippen LogP contribution in [0.2, 0.25) is 0 Å². The number of furan rings is 1. The summed E-state index contributed by atoms with van der Waals surface area (Å²) in [5, 5.41) is 4.20. The predicted octanol–water partition coefficient (Wildman–Crippen LogP) is 4.06. The van der Waals surface area contributed by atoms with Crippen LogP contribution < -0.4 is 5.32 Å². The summed E-state index contributed by atoms with van der Waals surface area (Å²) in [5.41, 5.74) is 1.31. The second-order valence-electron chi connectivity index (χ2n) is 4.98. The lowest BCUT2D eigenvalue weighted by atomic mass is 10.1. The molecule has 0 saturated carbocycles. The Labute approximate surface area is 122 Å². The van der Waals surface area contributed by atoms with Gasteiger partial charge in [-0.25, -0.2) is 4.39 Å². The Bertz CT molecular complexity index is 724. The van der Waals surface area contributed by atoms with E-state index in [1.54, 1.807) is 18.5 Å². The Morgan fingerprint density at radius 2 is 2.19 bits per heavy atom. The number of para-hydroxylation sites is 1. The standard InChI is InChI=1S/C17H17FN2O/c1-2-8-20-16(13-6-4-9-19-11-13)15-10-12-5-3-7-14(18)17(12)21-15/h3-7,9-11,16,20H,2,8H2,1H3. The van der Waals surface area contributed by atoms with Crippen LogP contribution in [0.4, 0.5) is 4.39 Å². The predicted molar refractivity (Wildman–Crippen MR) is 80.5 cm³/mol. The largest absolute Gasteiger partial charge is 0.456 e. The van der Waals surface area contributed by atoms with Crippen molar-refractivity contribution >= 4 is 11.0 Å². The Hall–Kier alpha value is -2.20. The summed E-state index contributed by atoms with van der Waals surface area (Å²) >= 11 is 0. The molecule has 3 rings (SSSR count). The Kier molecular flexibility index (Phi) is 3.97. The van der Waals surface area contributed by atoms with Crippen molar-refractivity contribution in [2.24, 2.45) is 0 Å². The molecule has 21 heavy (non-hydrogen) atoms. The van der Waals surface area contributed by atoms with Gasteiger partial charge in [-0.2, -0.15) is 0 Å². The molecule has 0 fully saturated rings. The minimum absolute atomic E-state index is 0.120. The minimum Gasteiger partial charge on any atom is -0.456 e. The summed E-state index contributed by atoms with van der Waals surface area (Å²) < 4.78 is 19.5. The van der Waals surface area contributed by atoms with Crippen molar-refractivity contribution in [2.75, 3.05) is 6.54 Å². The van der Waals surface area contributed by atoms with Crippen molar-refractivity contribution in [1.29, 1.82) is 0 Å². The van der Waals surface area contributed by atoms with Crippen LogP contribution in [0.25, 0.3) is 11.0 Å². The summed E-state index contributed by atoms with van der Waals surface area (Å²) in [6.45, 7) is 2.95. The van der Waals surface area contributed by atoms with Crippen LogP contribution in [-0.2, 0) is 0 Å². The van der Waals surface area contributed by atoms with Crippen LogP contribution >= 0.6 is 0 Å². The lowest BCUT2D eigenvalue weighted by molar-refractivity contribution is 0.458. The highest BCUT2D eigenvalue weighted by molar-refractivity contribution is 5.78. The molecule has 3 nitrogen and oxygen atoms in total. The van der Waals surface area contributed by atoms with Gasteiger partial charge in [0.25, 0.3) is 0 Å². The maximum absolute atomic E-state index is 13.8. The van der Waals surface area contributed by atoms with Gasteiger partial charge in [-0.05, 0) is 36.7 Å². The summed E-state index contributed by atoms with van der Waals surface area (Å²) in [4.78, 5) is 4.15. The topological polar surface area (TPSA) is 38.1 Å². The van der Waals surface area contributed by atoms with E-state index in [4.69, 9.17) is 4.42 Å². The van der Waals surface area contributed by atoms with Crippen LogP contribution in [0, 0.1) is 5.82 Å². The number of rotatable bonds is 5. The molecule has 0 aliphatic heterocycles. The average Bonchev–Trinajstić information content (AvgIpc) is 2.94. The quantitative estimate of drug-likeness (QED) is 0.768. The third kappa shape index (κ3) is 2.81. The van der Waals surface area contributed by atoms with Gasteiger partial charge in [0.15, 0.2) is 11.4 Å². The molecule has 108 valence electrons. The van der Waals surface area contributed by atoms with Crippen molar-refractivity contribution in [3.8, 4) is 0 Å². The molecular weight excluding hydrogens is 267 g/mol. The van der Waals surface area contributed by atoms with E-state index in [0.717, 1.165) is 23.9 Å². The first-order valence-corrected chi connectivity index (χ1v) is 7.11. The number of pyridine rings is 1. The molecule has 1 unspecified atom stereocenters. The van der Waals surface area contributed by atoms with Crippen LogP contribution in [0.3, 0.4) is 0 Å². The van der Waals surface area contributed by atoms with Gasteiger partial charge in [-0.1, -0.05) is 25.1 Å². The van der Waals surface area contributed by atoms with Gasteiger partial charge in [-0.3, -0.25) is 4.98 Å². The summed E-state index contributed by atoms with van der Waals surface area (Å²) in [6.07, 6.45) is 4.54. The van der Waals surface area contributed by atoms with Crippen molar-refractivity contribution in [1.82, 2.24) is 10.3 Å². The SMILES string of the molecule is CCCNC(c1cccnc1)c1cc2cccc(F)c2o1. The average molecular weight is 284 g/mol. The molecular formula is C17H17FN2O. The maximum Gasteiger partial charge on any atom is 0.169 e. The Balaban J connectivity index is 2.03. The first kappa shape index (κ1) is 13.8. The van der Waals surface area contributed by atoms with E-state index >= 15 is 0 Å². The van der Waals surface area contributed by atoms with Gasteiger partial charge >= 0.3 is 0 Å². The number of nitrogens with zero attached hydrogens (tertiary/aromatic N) is 1. The van der Waals surface area contributed by atoms with Crippen LogP contribution in [0.5, 0.6) is 0 Å². The molecule has 0 spiro atoms. The fourth-order valence-electron chi connectivity index (χ4n) is 2.41. The zero-order valence-electron chi connectivity index (χ0n) is 11.8. The van der Waals surface area contributed by atoms with Gasteiger partial charge in [0, 0.05) is 17.8 Å². The minimum atomic E-state index is -0.334. The molecule has 4 heteroatoms. The van der Waals surface area contributed by atoms with E-state index in [1.807, 2.05) is 24.3 Å². The number of hydrogen-bond donors (Lipinski definition) is 1. The normalized spacial score (nSPS) is 12.7. The second-order valence-corrected chi connectivity index (χ2v) is 4.98. The number of aromatic nitrogens is 1. The molecule has 0 radical (unpaired) electrons. The van der Waals surface area contributed by atoms with Crippen LogP contribution in [0.15, 0.2) is 53.2 Å². The van der Waals surface area contributed by atoms with E-state index in [0.29, 0.717) is 11.3 Å². The molecule has 1 aromatic carbocycles. The highest BCUT2D eigenvalue weighted by Gasteiger charge is 2.19. The van der Waals surface area contributed by atoms with Gasteiger partial charge in [-0.15, -0.1) is 0 Å². The van der Waals surface area contributed by atoms with Gasteiger partial charge in [0.05, 0.1) is 6.04 Å². The molecule has 0 saturated heterocycles. The van der Waals surface area contributed by atoms with E-state index in [-0.39, 0.29) is 11.9 Å². The number of nitrogens with one attached hydrogen (secondary N) is 1. The zero-order chi connectivity index (χ0) is 14.7. The van der Waals surface area contributed by atoms with Gasteiger partial charge in [0.2, 0.25) is 0 Å². The molecule has 1 N–H and O–H groups in total. The highest BCUT2D eigenvalue weighted by Crippen LogP contribution is 2.29. The monoisotopic (exact) mass is 284 g/mol. The first-order valence-electron chi connectivity index (χ1n) is 7.11. The van der Waals surface area contributed by atoms with E-state index < -0.39 is 0 Å². The van der Waals surface area contributed by atoms with Crippen molar-refractivity contribution < 1.29 is 8.81 Å². The van der Waals surface area contributed by atoms with E-state index in [1.165, 1.54) is 6.07 Å². The molecule has 2 heterocycles. The maximum atomic E-state index is 13.8. The number of hydrogen-bond acceptors (Lipinski definition) is 3. The third-order valence-corrected chi connectivity index (χ3v) is 3.42. The Morgan fingerprint density at radius 3 is 2.90 bits per heavy atom. The lowest BCUT2D eigenvalue weighted by Crippen LogP contribution is -2.22. The van der Waals surface area contributed by atoms with E-state index in [2.05, 4.69) is 17.2 Å².